The molecule has 0 bridgehead atoms. The Bertz CT molecular complexity index is 757. The van der Waals surface area contributed by atoms with Crippen LogP contribution in [0.2, 0.25) is 5.02 Å². The topological polar surface area (TPSA) is 84.0 Å². The van der Waals surface area contributed by atoms with Gasteiger partial charge < -0.3 is 15.8 Å². The summed E-state index contributed by atoms with van der Waals surface area (Å²) in [5.41, 5.74) is 7.55. The molecule has 0 aliphatic carbocycles. The second-order valence-electron chi connectivity index (χ2n) is 4.87. The number of ether oxygens (including phenoxy) is 1. The maximum Gasteiger partial charge on any atom is 0.205 e. The van der Waals surface area contributed by atoms with Gasteiger partial charge in [0.2, 0.25) is 5.96 Å². The maximum atomic E-state index is 5.91. The molecule has 1 heterocycles. The van der Waals surface area contributed by atoms with E-state index in [1.54, 1.807) is 19.2 Å². The number of nitrogens with two attached hydrogens (primary N) is 1. The number of hydrogen-bond donors (Lipinski definition) is 3. The summed E-state index contributed by atoms with van der Waals surface area (Å²) < 4.78 is 5.32. The summed E-state index contributed by atoms with van der Waals surface area (Å²) in [4.78, 5) is 8.83. The molecule has 0 saturated carbocycles. The van der Waals surface area contributed by atoms with E-state index >= 15 is 0 Å². The third kappa shape index (κ3) is 3.54. The molecular weight excluding hydrogens is 314 g/mol. The predicted molar refractivity (Wildman–Crippen MR) is 93.0 cm³/mol. The van der Waals surface area contributed by atoms with E-state index in [0.717, 1.165) is 11.3 Å². The molecule has 0 radical (unpaired) electrons. The number of halogens is 1. The van der Waals surface area contributed by atoms with Crippen LogP contribution in [0.1, 0.15) is 11.7 Å². The van der Waals surface area contributed by atoms with Gasteiger partial charge in [0.25, 0.3) is 0 Å². The Hall–Kier alpha value is -2.73. The molecule has 0 aromatic heterocycles. The van der Waals surface area contributed by atoms with Crippen molar-refractivity contribution in [2.45, 2.75) is 6.17 Å². The Balaban J connectivity index is 1.86. The minimum Gasteiger partial charge on any atom is -0.495 e. The van der Waals surface area contributed by atoms with Gasteiger partial charge in [-0.25, -0.2) is 9.98 Å². The van der Waals surface area contributed by atoms with Gasteiger partial charge in [-0.2, -0.15) is 0 Å². The van der Waals surface area contributed by atoms with E-state index in [0.29, 0.717) is 16.7 Å². The summed E-state index contributed by atoms with van der Waals surface area (Å²) in [5.74, 6) is 1.50. The normalized spacial score (nSPS) is 16.9. The number of benzene rings is 2. The van der Waals surface area contributed by atoms with Crippen LogP contribution in [0.15, 0.2) is 58.5 Å². The number of rotatable bonds is 3. The first-order chi connectivity index (χ1) is 11.2. The van der Waals surface area contributed by atoms with Gasteiger partial charge >= 0.3 is 0 Å². The van der Waals surface area contributed by atoms with E-state index in [9.17, 15) is 0 Å². The number of methoxy groups -OCH3 is 1. The van der Waals surface area contributed by atoms with Crippen molar-refractivity contribution < 1.29 is 4.74 Å². The molecule has 3 rings (SSSR count). The van der Waals surface area contributed by atoms with Gasteiger partial charge in [-0.05, 0) is 29.8 Å². The van der Waals surface area contributed by atoms with E-state index in [-0.39, 0.29) is 5.96 Å². The molecule has 6 nitrogen and oxygen atoms in total. The number of aliphatic imine (C=N–C) groups is 2. The first-order valence-corrected chi connectivity index (χ1v) is 7.37. The highest BCUT2D eigenvalue weighted by Gasteiger charge is 2.17. The van der Waals surface area contributed by atoms with Gasteiger partial charge in [0.1, 0.15) is 5.75 Å². The number of guanidine groups is 2. The van der Waals surface area contributed by atoms with E-state index < -0.39 is 6.17 Å². The van der Waals surface area contributed by atoms with Crippen molar-refractivity contribution in [3.63, 3.8) is 0 Å². The minimum atomic E-state index is -0.425. The van der Waals surface area contributed by atoms with Crippen LogP contribution in [0.5, 0.6) is 5.75 Å². The SMILES string of the molecule is COc1ccccc1NC1=N[C@H](c2ccc(Cl)cc2)N=C(N)N1. The molecule has 0 saturated heterocycles. The molecule has 1 aliphatic heterocycles. The Morgan fingerprint density at radius 1 is 1.13 bits per heavy atom. The van der Waals surface area contributed by atoms with Crippen LogP contribution in [0.3, 0.4) is 0 Å². The summed E-state index contributed by atoms with van der Waals surface area (Å²) in [6.45, 7) is 0. The highest BCUT2D eigenvalue weighted by atomic mass is 35.5. The Morgan fingerprint density at radius 3 is 2.61 bits per heavy atom. The Labute approximate surface area is 139 Å². The van der Waals surface area contributed by atoms with Crippen LogP contribution in [0.4, 0.5) is 5.69 Å². The number of hydrogen-bond acceptors (Lipinski definition) is 6. The van der Waals surface area contributed by atoms with Crippen molar-refractivity contribution in [3.8, 4) is 5.75 Å². The van der Waals surface area contributed by atoms with Crippen molar-refractivity contribution in [3.05, 3.63) is 59.1 Å². The van der Waals surface area contributed by atoms with Crippen molar-refractivity contribution in [1.29, 1.82) is 0 Å². The molecule has 0 unspecified atom stereocenters. The molecule has 0 amide bonds. The fourth-order valence-electron chi connectivity index (χ4n) is 2.19. The molecule has 0 spiro atoms. The van der Waals surface area contributed by atoms with E-state index in [1.807, 2.05) is 36.4 Å². The van der Waals surface area contributed by atoms with Gasteiger partial charge in [0, 0.05) is 5.02 Å². The van der Waals surface area contributed by atoms with Gasteiger partial charge in [-0.3, -0.25) is 5.32 Å². The zero-order chi connectivity index (χ0) is 16.2. The molecule has 7 heteroatoms. The van der Waals surface area contributed by atoms with Crippen LogP contribution in [-0.2, 0) is 0 Å². The van der Waals surface area contributed by atoms with E-state index in [2.05, 4.69) is 20.6 Å². The molecule has 1 aliphatic rings. The smallest absolute Gasteiger partial charge is 0.205 e. The lowest BCUT2D eigenvalue weighted by Crippen LogP contribution is -2.43. The lowest BCUT2D eigenvalue weighted by Gasteiger charge is -2.21. The highest BCUT2D eigenvalue weighted by molar-refractivity contribution is 6.30. The summed E-state index contributed by atoms with van der Waals surface area (Å²) in [6, 6.07) is 14.9. The molecule has 2 aromatic carbocycles. The zero-order valence-corrected chi connectivity index (χ0v) is 13.2. The average Bonchev–Trinajstić information content (AvgIpc) is 2.55. The highest BCUT2D eigenvalue weighted by Crippen LogP contribution is 2.25. The molecular formula is C16H16ClN5O. The fraction of sp³-hybridized carbons (Fsp3) is 0.125. The first-order valence-electron chi connectivity index (χ1n) is 6.99. The third-order valence-corrected chi connectivity index (χ3v) is 3.54. The second-order valence-corrected chi connectivity index (χ2v) is 5.30. The molecule has 2 aromatic rings. The largest absolute Gasteiger partial charge is 0.495 e. The second kappa shape index (κ2) is 6.58. The molecule has 23 heavy (non-hydrogen) atoms. The number of nitrogens with one attached hydrogen (secondary N) is 2. The van der Waals surface area contributed by atoms with Crippen molar-refractivity contribution in [1.82, 2.24) is 5.32 Å². The van der Waals surface area contributed by atoms with Crippen molar-refractivity contribution in [2.24, 2.45) is 15.7 Å². The summed E-state index contributed by atoms with van der Waals surface area (Å²) in [6.07, 6.45) is -0.425. The first kappa shape index (κ1) is 15.2. The van der Waals surface area contributed by atoms with Gasteiger partial charge in [0.15, 0.2) is 12.1 Å². The molecule has 1 atom stereocenters. The standard InChI is InChI=1S/C16H16ClN5O/c1-23-13-5-3-2-4-12(13)19-16-21-14(20-15(18)22-16)10-6-8-11(17)9-7-10/h2-9,14H,1H3,(H4,18,19,20,21,22)/t14-/m1/s1. The summed E-state index contributed by atoms with van der Waals surface area (Å²) in [5, 5.41) is 6.74. The monoisotopic (exact) mass is 329 g/mol. The Kier molecular flexibility index (Phi) is 4.34. The van der Waals surface area contributed by atoms with Crippen LogP contribution in [0, 0.1) is 0 Å². The number of para-hydroxylation sites is 2. The van der Waals surface area contributed by atoms with Gasteiger partial charge in [-0.15, -0.1) is 0 Å². The molecule has 0 fully saturated rings. The van der Waals surface area contributed by atoms with Crippen LogP contribution in [0.25, 0.3) is 0 Å². The maximum absolute atomic E-state index is 5.91. The van der Waals surface area contributed by atoms with Crippen LogP contribution in [-0.4, -0.2) is 19.0 Å². The minimum absolute atomic E-state index is 0.289. The molecule has 118 valence electrons. The van der Waals surface area contributed by atoms with E-state index in [4.69, 9.17) is 22.1 Å². The fourth-order valence-corrected chi connectivity index (χ4v) is 2.32. The van der Waals surface area contributed by atoms with Crippen molar-refractivity contribution in [2.75, 3.05) is 12.4 Å². The Morgan fingerprint density at radius 2 is 1.87 bits per heavy atom. The van der Waals surface area contributed by atoms with Crippen LogP contribution >= 0.6 is 11.6 Å². The van der Waals surface area contributed by atoms with Crippen LogP contribution < -0.4 is 21.1 Å². The zero-order valence-electron chi connectivity index (χ0n) is 12.5. The number of anilines is 1. The molecule has 4 N–H and O–H groups in total. The van der Waals surface area contributed by atoms with Crippen molar-refractivity contribution >= 4 is 29.2 Å². The van der Waals surface area contributed by atoms with E-state index in [1.165, 1.54) is 0 Å². The van der Waals surface area contributed by atoms with Gasteiger partial charge in [-0.1, -0.05) is 35.9 Å². The predicted octanol–water partition coefficient (Wildman–Crippen LogP) is 2.73. The lowest BCUT2D eigenvalue weighted by atomic mass is 10.2. The quantitative estimate of drug-likeness (QED) is 0.808. The average molecular weight is 330 g/mol. The third-order valence-electron chi connectivity index (χ3n) is 3.29. The lowest BCUT2D eigenvalue weighted by molar-refractivity contribution is 0.417. The van der Waals surface area contributed by atoms with Gasteiger partial charge in [0.05, 0.1) is 12.8 Å². The number of nitrogens with zero attached hydrogens (tertiary/aromatic N) is 2. The summed E-state index contributed by atoms with van der Waals surface area (Å²) in [7, 11) is 1.61. The summed E-state index contributed by atoms with van der Waals surface area (Å²) >= 11 is 5.91.